The van der Waals surface area contributed by atoms with E-state index >= 15 is 0 Å². The van der Waals surface area contributed by atoms with Gasteiger partial charge < -0.3 is 10.6 Å². The Morgan fingerprint density at radius 2 is 2.00 bits per heavy atom. The Kier molecular flexibility index (Phi) is 5.05. The molecule has 1 aromatic heterocycles. The minimum Gasteiger partial charge on any atom is -0.350 e. The van der Waals surface area contributed by atoms with Crippen LogP contribution in [0.5, 0.6) is 0 Å². The number of aromatic nitrogens is 2. The molecule has 0 radical (unpaired) electrons. The SMILES string of the molecule is Cc1ccc(-n2[nH]c(C(=O)NCC3CNC3)cc2=O)cc1.Cl. The number of carbonyl (C=O) groups is 1. The molecule has 0 unspecified atom stereocenters. The number of carbonyl (C=O) groups excluding carboxylic acids is 1. The van der Waals surface area contributed by atoms with Gasteiger partial charge in [-0.2, -0.15) is 0 Å². The zero-order chi connectivity index (χ0) is 14.8. The summed E-state index contributed by atoms with van der Waals surface area (Å²) < 4.78 is 1.37. The average molecular weight is 323 g/mol. The predicted octanol–water partition coefficient (Wildman–Crippen LogP) is 0.845. The van der Waals surface area contributed by atoms with Crippen LogP contribution in [0.3, 0.4) is 0 Å². The summed E-state index contributed by atoms with van der Waals surface area (Å²) in [7, 11) is 0. The topological polar surface area (TPSA) is 78.9 Å². The van der Waals surface area contributed by atoms with E-state index in [1.807, 2.05) is 31.2 Å². The van der Waals surface area contributed by atoms with Gasteiger partial charge in [-0.25, -0.2) is 4.68 Å². The highest BCUT2D eigenvalue weighted by Gasteiger charge is 2.18. The van der Waals surface area contributed by atoms with Gasteiger partial charge in [-0.05, 0) is 19.1 Å². The number of benzene rings is 1. The van der Waals surface area contributed by atoms with Crippen LogP contribution in [-0.2, 0) is 0 Å². The third kappa shape index (κ3) is 3.40. The molecule has 1 aliphatic rings. The highest BCUT2D eigenvalue weighted by molar-refractivity contribution is 5.92. The van der Waals surface area contributed by atoms with E-state index in [9.17, 15) is 9.59 Å². The van der Waals surface area contributed by atoms with Gasteiger partial charge in [0.15, 0.2) is 0 Å². The lowest BCUT2D eigenvalue weighted by atomic mass is 10.0. The van der Waals surface area contributed by atoms with Crippen LogP contribution in [0.15, 0.2) is 35.1 Å². The summed E-state index contributed by atoms with van der Waals surface area (Å²) in [6.45, 7) is 4.47. The molecule has 22 heavy (non-hydrogen) atoms. The van der Waals surface area contributed by atoms with E-state index in [4.69, 9.17) is 0 Å². The molecule has 2 aromatic rings. The Bertz CT molecular complexity index is 701. The van der Waals surface area contributed by atoms with Gasteiger partial charge in [0.2, 0.25) is 0 Å². The van der Waals surface area contributed by atoms with Crippen LogP contribution in [-0.4, -0.2) is 35.3 Å². The maximum Gasteiger partial charge on any atom is 0.271 e. The second-order valence-corrected chi connectivity index (χ2v) is 5.41. The van der Waals surface area contributed by atoms with Crippen LogP contribution in [0.1, 0.15) is 16.1 Å². The van der Waals surface area contributed by atoms with E-state index in [1.54, 1.807) is 0 Å². The van der Waals surface area contributed by atoms with Gasteiger partial charge in [0.05, 0.1) is 5.69 Å². The number of aryl methyl sites for hydroxylation is 1. The van der Waals surface area contributed by atoms with Crippen molar-refractivity contribution in [2.45, 2.75) is 6.92 Å². The second-order valence-electron chi connectivity index (χ2n) is 5.41. The number of nitrogens with one attached hydrogen (secondary N) is 3. The first kappa shape index (κ1) is 16.3. The summed E-state index contributed by atoms with van der Waals surface area (Å²) in [4.78, 5) is 24.0. The molecule has 1 aromatic carbocycles. The van der Waals surface area contributed by atoms with E-state index in [0.29, 0.717) is 18.2 Å². The van der Waals surface area contributed by atoms with Crippen LogP contribution in [0, 0.1) is 12.8 Å². The predicted molar refractivity (Wildman–Crippen MR) is 87.1 cm³/mol. The molecule has 0 spiro atoms. The normalized spacial score (nSPS) is 14.0. The van der Waals surface area contributed by atoms with Crippen molar-refractivity contribution in [2.24, 2.45) is 5.92 Å². The molecule has 3 rings (SSSR count). The number of hydrogen-bond donors (Lipinski definition) is 3. The lowest BCUT2D eigenvalue weighted by Crippen LogP contribution is -2.48. The number of aromatic amines is 1. The second kappa shape index (κ2) is 6.81. The molecule has 0 saturated carbocycles. The fourth-order valence-corrected chi connectivity index (χ4v) is 2.22. The number of H-pyrrole nitrogens is 1. The van der Waals surface area contributed by atoms with Gasteiger partial charge in [-0.15, -0.1) is 12.4 Å². The molecule has 6 nitrogen and oxygen atoms in total. The van der Waals surface area contributed by atoms with Gasteiger partial charge in [0, 0.05) is 31.6 Å². The maximum absolute atomic E-state index is 12.0. The highest BCUT2D eigenvalue weighted by Crippen LogP contribution is 2.07. The molecule has 1 saturated heterocycles. The van der Waals surface area contributed by atoms with Gasteiger partial charge >= 0.3 is 0 Å². The Morgan fingerprint density at radius 3 is 2.59 bits per heavy atom. The molecular formula is C15H19ClN4O2. The number of nitrogens with zero attached hydrogens (tertiary/aromatic N) is 1. The lowest BCUT2D eigenvalue weighted by Gasteiger charge is -2.26. The maximum atomic E-state index is 12.0. The number of hydrogen-bond acceptors (Lipinski definition) is 3. The Labute approximate surface area is 134 Å². The fraction of sp³-hybridized carbons (Fsp3) is 0.333. The quantitative estimate of drug-likeness (QED) is 0.780. The first-order valence-corrected chi connectivity index (χ1v) is 7.01. The number of amides is 1. The minimum atomic E-state index is -0.245. The zero-order valence-corrected chi connectivity index (χ0v) is 13.1. The number of halogens is 1. The summed E-state index contributed by atoms with van der Waals surface area (Å²) >= 11 is 0. The van der Waals surface area contributed by atoms with Gasteiger partial charge in [-0.3, -0.25) is 14.7 Å². The lowest BCUT2D eigenvalue weighted by molar-refractivity contribution is 0.0937. The van der Waals surface area contributed by atoms with E-state index in [2.05, 4.69) is 15.7 Å². The number of rotatable bonds is 4. The summed E-state index contributed by atoms with van der Waals surface area (Å²) in [5, 5.41) is 8.84. The largest absolute Gasteiger partial charge is 0.350 e. The molecule has 118 valence electrons. The molecule has 0 atom stereocenters. The van der Waals surface area contributed by atoms with Crippen molar-refractivity contribution >= 4 is 18.3 Å². The van der Waals surface area contributed by atoms with E-state index < -0.39 is 0 Å². The Morgan fingerprint density at radius 1 is 1.32 bits per heavy atom. The monoisotopic (exact) mass is 322 g/mol. The molecule has 1 aliphatic heterocycles. The molecule has 1 fully saturated rings. The fourth-order valence-electron chi connectivity index (χ4n) is 2.22. The molecule has 1 amide bonds. The summed E-state index contributed by atoms with van der Waals surface area (Å²) in [6, 6.07) is 8.86. The van der Waals surface area contributed by atoms with Crippen molar-refractivity contribution < 1.29 is 4.79 Å². The summed E-state index contributed by atoms with van der Waals surface area (Å²) in [6.07, 6.45) is 0. The zero-order valence-electron chi connectivity index (χ0n) is 12.3. The minimum absolute atomic E-state index is 0. The Balaban J connectivity index is 0.00000176. The highest BCUT2D eigenvalue weighted by atomic mass is 35.5. The molecular weight excluding hydrogens is 304 g/mol. The van der Waals surface area contributed by atoms with E-state index in [-0.39, 0.29) is 29.6 Å². The van der Waals surface area contributed by atoms with Gasteiger partial charge in [-0.1, -0.05) is 17.7 Å². The molecule has 2 heterocycles. The molecule has 0 bridgehead atoms. The Hall–Kier alpha value is -2.05. The van der Waals surface area contributed by atoms with Crippen molar-refractivity contribution in [2.75, 3.05) is 19.6 Å². The molecule has 3 N–H and O–H groups in total. The summed E-state index contributed by atoms with van der Waals surface area (Å²) in [5.74, 6) is 0.240. The van der Waals surface area contributed by atoms with E-state index in [1.165, 1.54) is 10.7 Å². The first-order valence-electron chi connectivity index (χ1n) is 7.01. The van der Waals surface area contributed by atoms with Crippen molar-refractivity contribution in [1.82, 2.24) is 20.4 Å². The third-order valence-electron chi connectivity index (χ3n) is 3.67. The van der Waals surface area contributed by atoms with Crippen LogP contribution in [0.2, 0.25) is 0 Å². The van der Waals surface area contributed by atoms with Gasteiger partial charge in [0.1, 0.15) is 5.69 Å². The van der Waals surface area contributed by atoms with Crippen LogP contribution < -0.4 is 16.2 Å². The van der Waals surface area contributed by atoms with E-state index in [0.717, 1.165) is 18.7 Å². The first-order chi connectivity index (χ1) is 10.1. The van der Waals surface area contributed by atoms with Crippen LogP contribution in [0.4, 0.5) is 0 Å². The standard InChI is InChI=1S/C15H18N4O2.ClH/c1-10-2-4-12(5-3-10)19-14(20)6-13(18-19)15(21)17-9-11-7-16-8-11;/h2-6,11,16,18H,7-9H2,1H3,(H,17,21);1H. The van der Waals surface area contributed by atoms with Crippen LogP contribution >= 0.6 is 12.4 Å². The molecule has 0 aliphatic carbocycles. The van der Waals surface area contributed by atoms with Crippen molar-refractivity contribution in [3.63, 3.8) is 0 Å². The average Bonchev–Trinajstić information content (AvgIpc) is 2.80. The van der Waals surface area contributed by atoms with Crippen molar-refractivity contribution in [3.05, 3.63) is 51.9 Å². The van der Waals surface area contributed by atoms with Crippen molar-refractivity contribution in [1.29, 1.82) is 0 Å². The van der Waals surface area contributed by atoms with Crippen LogP contribution in [0.25, 0.3) is 5.69 Å². The van der Waals surface area contributed by atoms with Gasteiger partial charge in [0.25, 0.3) is 11.5 Å². The smallest absolute Gasteiger partial charge is 0.271 e. The third-order valence-corrected chi connectivity index (χ3v) is 3.67. The summed E-state index contributed by atoms with van der Waals surface area (Å²) in [5.41, 5.74) is 1.88. The van der Waals surface area contributed by atoms with Crippen molar-refractivity contribution in [3.8, 4) is 5.69 Å². The molecule has 7 heteroatoms.